The van der Waals surface area contributed by atoms with E-state index in [0.29, 0.717) is 24.7 Å². The summed E-state index contributed by atoms with van der Waals surface area (Å²) in [6.45, 7) is 3.04. The Bertz CT molecular complexity index is 1120. The van der Waals surface area contributed by atoms with Crippen LogP contribution in [0.4, 0.5) is 0 Å². The van der Waals surface area contributed by atoms with Crippen molar-refractivity contribution < 1.29 is 9.21 Å². The first kappa shape index (κ1) is 17.7. The number of hydrogen-bond acceptors (Lipinski definition) is 4. The van der Waals surface area contributed by atoms with Crippen molar-refractivity contribution in [1.29, 1.82) is 0 Å². The van der Waals surface area contributed by atoms with Crippen molar-refractivity contribution in [2.24, 2.45) is 0 Å². The van der Waals surface area contributed by atoms with Gasteiger partial charge in [0.05, 0.1) is 5.69 Å². The van der Waals surface area contributed by atoms with Gasteiger partial charge in [-0.05, 0) is 30.5 Å². The Kier molecular flexibility index (Phi) is 4.19. The van der Waals surface area contributed by atoms with Gasteiger partial charge < -0.3 is 13.7 Å². The quantitative estimate of drug-likeness (QED) is 0.536. The van der Waals surface area contributed by atoms with Crippen molar-refractivity contribution in [3.05, 3.63) is 90.0 Å². The zero-order valence-electron chi connectivity index (χ0n) is 16.3. The second kappa shape index (κ2) is 6.88. The molecular formula is C23H22N4O2. The van der Waals surface area contributed by atoms with Gasteiger partial charge in [-0.25, -0.2) is 9.97 Å². The molecule has 1 aromatic carbocycles. The molecule has 146 valence electrons. The third kappa shape index (κ3) is 3.01. The van der Waals surface area contributed by atoms with Crippen molar-refractivity contribution in [2.75, 3.05) is 13.1 Å². The number of hydrogen-bond donors (Lipinski definition) is 0. The first-order chi connectivity index (χ1) is 14.2. The number of nitrogens with zero attached hydrogens (tertiary/aromatic N) is 4. The van der Waals surface area contributed by atoms with Crippen molar-refractivity contribution in [3.63, 3.8) is 0 Å². The molecule has 4 aromatic rings. The van der Waals surface area contributed by atoms with Gasteiger partial charge in [0.2, 0.25) is 0 Å². The van der Waals surface area contributed by atoms with Crippen LogP contribution in [-0.4, -0.2) is 38.3 Å². The molecule has 3 aromatic heterocycles. The molecule has 0 aliphatic carbocycles. The van der Waals surface area contributed by atoms with Crippen LogP contribution in [0, 0.1) is 6.92 Å². The Morgan fingerprint density at radius 2 is 1.79 bits per heavy atom. The average molecular weight is 386 g/mol. The Hall–Kier alpha value is -3.41. The number of piperidine rings is 1. The van der Waals surface area contributed by atoms with E-state index in [0.717, 1.165) is 24.2 Å². The number of benzene rings is 1. The molecule has 0 atom stereocenters. The number of imidazole rings is 1. The first-order valence-corrected chi connectivity index (χ1v) is 9.87. The first-order valence-electron chi connectivity index (χ1n) is 9.87. The van der Waals surface area contributed by atoms with Crippen molar-refractivity contribution >= 4 is 11.6 Å². The van der Waals surface area contributed by atoms with Gasteiger partial charge in [0.15, 0.2) is 11.6 Å². The molecule has 1 fully saturated rings. The smallest absolute Gasteiger partial charge is 0.275 e. The zero-order valence-corrected chi connectivity index (χ0v) is 16.3. The second-order valence-corrected chi connectivity index (χ2v) is 7.58. The van der Waals surface area contributed by atoms with Crippen LogP contribution in [0.25, 0.3) is 5.65 Å². The maximum atomic E-state index is 12.8. The topological polar surface area (TPSA) is 63.6 Å². The van der Waals surface area contributed by atoms with E-state index in [1.165, 1.54) is 11.8 Å². The van der Waals surface area contributed by atoms with Crippen molar-refractivity contribution in [2.45, 2.75) is 25.2 Å². The van der Waals surface area contributed by atoms with Gasteiger partial charge in [0.25, 0.3) is 5.91 Å². The molecule has 0 radical (unpaired) electrons. The molecule has 29 heavy (non-hydrogen) atoms. The number of rotatable bonds is 3. The molecule has 5 rings (SSSR count). The Morgan fingerprint density at radius 1 is 1.03 bits per heavy atom. The summed E-state index contributed by atoms with van der Waals surface area (Å²) in [4.78, 5) is 23.8. The lowest BCUT2D eigenvalue weighted by Crippen LogP contribution is -2.46. The Labute approximate surface area is 168 Å². The van der Waals surface area contributed by atoms with E-state index in [1.807, 2.05) is 35.4 Å². The number of amides is 1. The fraction of sp³-hybridized carbons (Fsp3) is 0.261. The van der Waals surface area contributed by atoms with E-state index in [1.54, 1.807) is 6.92 Å². The molecule has 1 aliphatic heterocycles. The van der Waals surface area contributed by atoms with Crippen LogP contribution < -0.4 is 0 Å². The Balaban J connectivity index is 1.49. The zero-order chi connectivity index (χ0) is 19.8. The minimum absolute atomic E-state index is 0.0708. The summed E-state index contributed by atoms with van der Waals surface area (Å²) in [7, 11) is 0. The number of pyridine rings is 1. The van der Waals surface area contributed by atoms with Crippen LogP contribution in [0.2, 0.25) is 0 Å². The molecule has 1 aliphatic rings. The minimum Gasteiger partial charge on any atom is -0.448 e. The molecular weight excluding hydrogens is 364 g/mol. The van der Waals surface area contributed by atoms with Gasteiger partial charge in [0.1, 0.15) is 11.9 Å². The highest BCUT2D eigenvalue weighted by atomic mass is 16.3. The van der Waals surface area contributed by atoms with E-state index >= 15 is 0 Å². The molecule has 0 N–H and O–H groups in total. The summed E-state index contributed by atoms with van der Waals surface area (Å²) >= 11 is 0. The normalized spacial score (nSPS) is 16.2. The van der Waals surface area contributed by atoms with Crippen LogP contribution in [0.3, 0.4) is 0 Å². The van der Waals surface area contributed by atoms with Crippen molar-refractivity contribution in [3.8, 4) is 0 Å². The van der Waals surface area contributed by atoms with Crippen LogP contribution >= 0.6 is 0 Å². The molecule has 1 amide bonds. The van der Waals surface area contributed by atoms with Crippen molar-refractivity contribution in [1.82, 2.24) is 19.3 Å². The number of aryl methyl sites for hydroxylation is 1. The van der Waals surface area contributed by atoms with E-state index in [4.69, 9.17) is 9.40 Å². The SMILES string of the molecule is Cc1nc(C(=O)N2CCC(c3ccccc3)(c3cn4ccccc4n3)CC2)co1. The van der Waals surface area contributed by atoms with Crippen LogP contribution in [0.15, 0.2) is 71.6 Å². The molecule has 0 saturated carbocycles. The number of carbonyl (C=O) groups excluding carboxylic acids is 1. The number of carbonyl (C=O) groups is 1. The summed E-state index contributed by atoms with van der Waals surface area (Å²) < 4.78 is 7.28. The Morgan fingerprint density at radius 3 is 2.48 bits per heavy atom. The highest BCUT2D eigenvalue weighted by Crippen LogP contribution is 2.41. The molecule has 0 bridgehead atoms. The van der Waals surface area contributed by atoms with E-state index in [9.17, 15) is 4.79 Å². The number of oxazole rings is 1. The molecule has 6 heteroatoms. The maximum Gasteiger partial charge on any atom is 0.275 e. The summed E-state index contributed by atoms with van der Waals surface area (Å²) in [5.74, 6) is 0.437. The third-order valence-corrected chi connectivity index (χ3v) is 5.92. The fourth-order valence-corrected chi connectivity index (χ4v) is 4.33. The molecule has 6 nitrogen and oxygen atoms in total. The molecule has 1 saturated heterocycles. The van der Waals surface area contributed by atoms with Gasteiger partial charge in [-0.15, -0.1) is 0 Å². The highest BCUT2D eigenvalue weighted by Gasteiger charge is 2.41. The van der Waals surface area contributed by atoms with Gasteiger partial charge >= 0.3 is 0 Å². The van der Waals surface area contributed by atoms with E-state index in [-0.39, 0.29) is 11.3 Å². The summed E-state index contributed by atoms with van der Waals surface area (Å²) in [5.41, 5.74) is 3.40. The monoisotopic (exact) mass is 386 g/mol. The number of likely N-dealkylation sites (tertiary alicyclic amines) is 1. The lowest BCUT2D eigenvalue weighted by atomic mass is 9.70. The second-order valence-electron chi connectivity index (χ2n) is 7.58. The standard InChI is InChI=1S/C23H22N4O2/c1-17-24-19(16-29-17)22(28)26-13-10-23(11-14-26,18-7-3-2-4-8-18)20-15-27-12-6-5-9-21(27)25-20/h2-9,12,15-16H,10-11,13-14H2,1H3. The van der Waals surface area contributed by atoms with E-state index in [2.05, 4.69) is 39.8 Å². The predicted molar refractivity (Wildman–Crippen MR) is 109 cm³/mol. The van der Waals surface area contributed by atoms with Crippen LogP contribution in [0.1, 0.15) is 40.5 Å². The lowest BCUT2D eigenvalue weighted by Gasteiger charge is -2.41. The number of aromatic nitrogens is 3. The van der Waals surface area contributed by atoms with Gasteiger partial charge in [-0.2, -0.15) is 0 Å². The van der Waals surface area contributed by atoms with Gasteiger partial charge in [0, 0.05) is 37.8 Å². The maximum absolute atomic E-state index is 12.8. The highest BCUT2D eigenvalue weighted by molar-refractivity contribution is 5.92. The predicted octanol–water partition coefficient (Wildman–Crippen LogP) is 3.85. The molecule has 0 unspecified atom stereocenters. The average Bonchev–Trinajstić information content (AvgIpc) is 3.40. The third-order valence-electron chi connectivity index (χ3n) is 5.92. The number of fused-ring (bicyclic) bond motifs is 1. The van der Waals surface area contributed by atoms with Gasteiger partial charge in [-0.1, -0.05) is 36.4 Å². The summed E-state index contributed by atoms with van der Waals surface area (Å²) in [6.07, 6.45) is 7.21. The summed E-state index contributed by atoms with van der Waals surface area (Å²) in [6, 6.07) is 16.5. The summed E-state index contributed by atoms with van der Waals surface area (Å²) in [5, 5.41) is 0. The lowest BCUT2D eigenvalue weighted by molar-refractivity contribution is 0.0678. The minimum atomic E-state index is -0.218. The van der Waals surface area contributed by atoms with Crippen LogP contribution in [-0.2, 0) is 5.41 Å². The molecule has 0 spiro atoms. The van der Waals surface area contributed by atoms with Crippen LogP contribution in [0.5, 0.6) is 0 Å². The largest absolute Gasteiger partial charge is 0.448 e. The fourth-order valence-electron chi connectivity index (χ4n) is 4.33. The molecule has 4 heterocycles. The van der Waals surface area contributed by atoms with Gasteiger partial charge in [-0.3, -0.25) is 4.79 Å². The van der Waals surface area contributed by atoms with E-state index < -0.39 is 0 Å².